The number of nitriles is 1. The second-order valence-corrected chi connectivity index (χ2v) is 5.71. The maximum atomic E-state index is 14.0. The molecule has 0 aromatic heterocycles. The summed E-state index contributed by atoms with van der Waals surface area (Å²) >= 11 is 0. The molecule has 24 heavy (non-hydrogen) atoms. The number of carbonyl (C=O) groups is 1. The van der Waals surface area contributed by atoms with Gasteiger partial charge in [-0.15, -0.1) is 0 Å². The van der Waals surface area contributed by atoms with Gasteiger partial charge in [0.25, 0.3) is 5.91 Å². The molecule has 0 heterocycles. The molecule has 2 rings (SSSR count). The predicted molar refractivity (Wildman–Crippen MR) is 92.0 cm³/mol. The normalized spacial score (nSPS) is 12.8. The Balaban J connectivity index is 1.77. The number of benzene rings is 2. The summed E-state index contributed by atoms with van der Waals surface area (Å²) in [6.45, 7) is 0. The third kappa shape index (κ3) is 5.85. The summed E-state index contributed by atoms with van der Waals surface area (Å²) in [7, 11) is 0. The van der Waals surface area contributed by atoms with Crippen LogP contribution in [0.2, 0.25) is 0 Å². The average Bonchev–Trinajstić information content (AvgIpc) is 2.64. The predicted octanol–water partition coefficient (Wildman–Crippen LogP) is 3.60. The van der Waals surface area contributed by atoms with E-state index < -0.39 is 18.1 Å². The van der Waals surface area contributed by atoms with E-state index in [1.807, 2.05) is 66.7 Å². The van der Waals surface area contributed by atoms with Gasteiger partial charge in [0.2, 0.25) is 0 Å². The summed E-state index contributed by atoms with van der Waals surface area (Å²) < 4.78 is 14.0. The van der Waals surface area contributed by atoms with Crippen LogP contribution in [0.5, 0.6) is 0 Å². The van der Waals surface area contributed by atoms with E-state index in [1.165, 1.54) is 0 Å². The Morgan fingerprint density at radius 3 is 1.96 bits per heavy atom. The molecule has 124 valence electrons. The van der Waals surface area contributed by atoms with E-state index in [0.29, 0.717) is 19.3 Å². The van der Waals surface area contributed by atoms with E-state index in [1.54, 1.807) is 0 Å². The van der Waals surface area contributed by atoms with Crippen LogP contribution in [0.4, 0.5) is 4.39 Å². The van der Waals surface area contributed by atoms with Crippen molar-refractivity contribution in [2.75, 3.05) is 0 Å². The number of amides is 1. The van der Waals surface area contributed by atoms with Crippen molar-refractivity contribution in [1.29, 1.82) is 5.26 Å². The zero-order chi connectivity index (χ0) is 17.2. The van der Waals surface area contributed by atoms with Crippen molar-refractivity contribution in [3.63, 3.8) is 0 Å². The fraction of sp³-hybridized carbons (Fsp3) is 0.300. The van der Waals surface area contributed by atoms with Crippen molar-refractivity contribution in [2.24, 2.45) is 0 Å². The van der Waals surface area contributed by atoms with Gasteiger partial charge in [0, 0.05) is 0 Å². The molecule has 2 unspecified atom stereocenters. The number of alkyl halides is 1. The largest absolute Gasteiger partial charge is 0.338 e. The molecule has 0 spiro atoms. The molecule has 4 heteroatoms. The number of nitrogens with one attached hydrogen (secondary N) is 1. The van der Waals surface area contributed by atoms with Crippen LogP contribution >= 0.6 is 0 Å². The molecule has 0 aliphatic rings. The van der Waals surface area contributed by atoms with E-state index in [-0.39, 0.29) is 6.42 Å². The Labute approximate surface area is 142 Å². The maximum Gasteiger partial charge on any atom is 0.255 e. The lowest BCUT2D eigenvalue weighted by atomic mass is 10.0. The number of rotatable bonds is 8. The zero-order valence-corrected chi connectivity index (χ0v) is 13.5. The van der Waals surface area contributed by atoms with E-state index in [2.05, 4.69) is 5.32 Å². The quantitative estimate of drug-likeness (QED) is 0.806. The molecule has 2 atom stereocenters. The highest BCUT2D eigenvalue weighted by Crippen LogP contribution is 2.09. The van der Waals surface area contributed by atoms with Crippen molar-refractivity contribution < 1.29 is 9.18 Å². The lowest BCUT2D eigenvalue weighted by molar-refractivity contribution is -0.126. The van der Waals surface area contributed by atoms with Crippen molar-refractivity contribution in [2.45, 2.75) is 37.9 Å². The van der Waals surface area contributed by atoms with Gasteiger partial charge >= 0.3 is 0 Å². The van der Waals surface area contributed by atoms with Gasteiger partial charge in [-0.1, -0.05) is 60.7 Å². The van der Waals surface area contributed by atoms with Gasteiger partial charge in [-0.3, -0.25) is 4.79 Å². The highest BCUT2D eigenvalue weighted by molar-refractivity contribution is 5.81. The molecule has 0 saturated heterocycles. The number of hydrogen-bond acceptors (Lipinski definition) is 2. The van der Waals surface area contributed by atoms with Crippen molar-refractivity contribution >= 4 is 5.91 Å². The summed E-state index contributed by atoms with van der Waals surface area (Å²) in [5, 5.41) is 11.7. The molecular formula is C20H21FN2O. The van der Waals surface area contributed by atoms with Gasteiger partial charge in [-0.05, 0) is 36.8 Å². The Kier molecular flexibility index (Phi) is 6.97. The number of nitrogens with zero attached hydrogens (tertiary/aromatic N) is 1. The zero-order valence-electron chi connectivity index (χ0n) is 13.5. The molecular weight excluding hydrogens is 303 g/mol. The Hall–Kier alpha value is -2.67. The molecule has 1 amide bonds. The molecule has 0 fully saturated rings. The molecule has 1 N–H and O–H groups in total. The standard InChI is InChI=1S/C20H21FN2O/c21-19(14-12-17-9-5-2-6-10-17)20(24)23-18(15-22)13-11-16-7-3-1-4-8-16/h1-10,18-19H,11-14H2,(H,23,24). The van der Waals surface area contributed by atoms with Gasteiger partial charge in [-0.2, -0.15) is 5.26 Å². The van der Waals surface area contributed by atoms with Crippen LogP contribution in [0.25, 0.3) is 0 Å². The van der Waals surface area contributed by atoms with E-state index in [9.17, 15) is 9.18 Å². The smallest absolute Gasteiger partial charge is 0.255 e. The molecule has 0 bridgehead atoms. The van der Waals surface area contributed by atoms with E-state index in [4.69, 9.17) is 5.26 Å². The molecule has 0 aliphatic heterocycles. The maximum absolute atomic E-state index is 14.0. The number of hydrogen-bond donors (Lipinski definition) is 1. The minimum atomic E-state index is -1.60. The highest BCUT2D eigenvalue weighted by Gasteiger charge is 2.20. The molecule has 0 saturated carbocycles. The number of aryl methyl sites for hydroxylation is 2. The van der Waals surface area contributed by atoms with E-state index >= 15 is 0 Å². The van der Waals surface area contributed by atoms with Crippen LogP contribution in [0.1, 0.15) is 24.0 Å². The SMILES string of the molecule is N#CC(CCc1ccccc1)NC(=O)C(F)CCc1ccccc1. The minimum Gasteiger partial charge on any atom is -0.338 e. The van der Waals surface area contributed by atoms with Crippen molar-refractivity contribution in [1.82, 2.24) is 5.32 Å². The molecule has 0 radical (unpaired) electrons. The van der Waals surface area contributed by atoms with Crippen LogP contribution in [0.3, 0.4) is 0 Å². The lowest BCUT2D eigenvalue weighted by Crippen LogP contribution is -2.39. The first-order chi connectivity index (χ1) is 11.7. The highest BCUT2D eigenvalue weighted by atomic mass is 19.1. The first kappa shape index (κ1) is 17.7. The Morgan fingerprint density at radius 2 is 1.46 bits per heavy atom. The van der Waals surface area contributed by atoms with Gasteiger partial charge in [0.1, 0.15) is 6.04 Å². The summed E-state index contributed by atoms with van der Waals surface area (Å²) in [5.41, 5.74) is 2.08. The average molecular weight is 324 g/mol. The first-order valence-corrected chi connectivity index (χ1v) is 8.11. The van der Waals surface area contributed by atoms with Crippen LogP contribution in [0.15, 0.2) is 60.7 Å². The molecule has 3 nitrogen and oxygen atoms in total. The number of carbonyl (C=O) groups excluding carboxylic acids is 1. The topological polar surface area (TPSA) is 52.9 Å². The van der Waals surface area contributed by atoms with Crippen molar-refractivity contribution in [3.8, 4) is 6.07 Å². The van der Waals surface area contributed by atoms with Gasteiger partial charge in [0.05, 0.1) is 6.07 Å². The molecule has 0 aliphatic carbocycles. The Morgan fingerprint density at radius 1 is 0.958 bits per heavy atom. The van der Waals surface area contributed by atoms with Gasteiger partial charge < -0.3 is 5.32 Å². The van der Waals surface area contributed by atoms with Gasteiger partial charge in [-0.25, -0.2) is 4.39 Å². The second kappa shape index (κ2) is 9.46. The van der Waals surface area contributed by atoms with Gasteiger partial charge in [0.15, 0.2) is 6.17 Å². The minimum absolute atomic E-state index is 0.118. The monoisotopic (exact) mass is 324 g/mol. The van der Waals surface area contributed by atoms with E-state index in [0.717, 1.165) is 11.1 Å². The Bertz CT molecular complexity index is 667. The second-order valence-electron chi connectivity index (χ2n) is 5.71. The van der Waals surface area contributed by atoms with Crippen LogP contribution in [-0.2, 0) is 17.6 Å². The summed E-state index contributed by atoms with van der Waals surface area (Å²) in [4.78, 5) is 11.9. The third-order valence-electron chi connectivity index (χ3n) is 3.85. The van der Waals surface area contributed by atoms with Crippen molar-refractivity contribution in [3.05, 3.63) is 71.8 Å². The first-order valence-electron chi connectivity index (χ1n) is 8.11. The number of halogens is 1. The fourth-order valence-electron chi connectivity index (χ4n) is 2.46. The summed E-state index contributed by atoms with van der Waals surface area (Å²) in [6.07, 6.45) is 0.152. The van der Waals surface area contributed by atoms with Crippen LogP contribution in [-0.4, -0.2) is 18.1 Å². The van der Waals surface area contributed by atoms with Crippen LogP contribution < -0.4 is 5.32 Å². The van der Waals surface area contributed by atoms with Crippen LogP contribution in [0, 0.1) is 11.3 Å². The third-order valence-corrected chi connectivity index (χ3v) is 3.85. The summed E-state index contributed by atoms with van der Waals surface area (Å²) in [6, 6.07) is 20.6. The fourth-order valence-corrected chi connectivity index (χ4v) is 2.46. The molecule has 2 aromatic carbocycles. The molecule has 2 aromatic rings. The summed E-state index contributed by atoms with van der Waals surface area (Å²) in [5.74, 6) is -0.703. The lowest BCUT2D eigenvalue weighted by Gasteiger charge is -2.14.